The number of thiol groups is 1. The first-order chi connectivity index (χ1) is 8.08. The van der Waals surface area contributed by atoms with Crippen LogP contribution >= 0.6 is 39.9 Å². The van der Waals surface area contributed by atoms with Crippen LogP contribution in [0.2, 0.25) is 0 Å². The molecule has 2 aromatic rings. The van der Waals surface area contributed by atoms with E-state index in [2.05, 4.69) is 33.9 Å². The lowest BCUT2D eigenvalue weighted by Gasteiger charge is -2.07. The van der Waals surface area contributed by atoms with Crippen LogP contribution in [0.1, 0.15) is 15.2 Å². The molecule has 1 heterocycles. The Bertz CT molecular complexity index is 565. The quantitative estimate of drug-likeness (QED) is 0.788. The van der Waals surface area contributed by atoms with Crippen LogP contribution in [-0.4, -0.2) is 5.91 Å². The maximum atomic E-state index is 11.9. The van der Waals surface area contributed by atoms with Gasteiger partial charge in [-0.25, -0.2) is 0 Å². The third-order valence-electron chi connectivity index (χ3n) is 2.25. The van der Waals surface area contributed by atoms with Gasteiger partial charge in [0.2, 0.25) is 0 Å². The van der Waals surface area contributed by atoms with Crippen LogP contribution in [0.3, 0.4) is 0 Å². The molecular formula is C12H10BrNOS2. The van der Waals surface area contributed by atoms with Gasteiger partial charge in [0.25, 0.3) is 5.91 Å². The van der Waals surface area contributed by atoms with Crippen molar-refractivity contribution in [2.45, 2.75) is 11.8 Å². The molecule has 88 valence electrons. The predicted molar refractivity (Wildman–Crippen MR) is 78.4 cm³/mol. The molecular weight excluding hydrogens is 318 g/mol. The van der Waals surface area contributed by atoms with Gasteiger partial charge in [-0.3, -0.25) is 4.79 Å². The zero-order chi connectivity index (χ0) is 12.4. The summed E-state index contributed by atoms with van der Waals surface area (Å²) in [6, 6.07) is 7.52. The van der Waals surface area contributed by atoms with Gasteiger partial charge in [0.05, 0.1) is 10.6 Å². The second-order valence-electron chi connectivity index (χ2n) is 3.56. The fraction of sp³-hybridized carbons (Fsp3) is 0.0833. The molecule has 0 saturated heterocycles. The molecule has 0 spiro atoms. The van der Waals surface area contributed by atoms with Gasteiger partial charge in [0.1, 0.15) is 0 Å². The van der Waals surface area contributed by atoms with Crippen molar-refractivity contribution in [1.82, 2.24) is 0 Å². The van der Waals surface area contributed by atoms with Crippen molar-refractivity contribution in [2.75, 3.05) is 5.32 Å². The van der Waals surface area contributed by atoms with Gasteiger partial charge >= 0.3 is 0 Å². The lowest BCUT2D eigenvalue weighted by atomic mass is 10.2. The van der Waals surface area contributed by atoms with E-state index in [0.29, 0.717) is 4.88 Å². The highest BCUT2D eigenvalue weighted by molar-refractivity contribution is 9.10. The lowest BCUT2D eigenvalue weighted by molar-refractivity contribution is 0.103. The molecule has 0 aliphatic rings. The average Bonchev–Trinajstić information content (AvgIpc) is 2.72. The summed E-state index contributed by atoms with van der Waals surface area (Å²) in [5, 5.41) is 4.71. The van der Waals surface area contributed by atoms with Crippen LogP contribution in [-0.2, 0) is 0 Å². The molecule has 1 N–H and O–H groups in total. The Balaban J connectivity index is 2.21. The SMILES string of the molecule is Cc1cccc(NC(=O)c2cc(S)cs2)c1Br. The number of halogens is 1. The highest BCUT2D eigenvalue weighted by Crippen LogP contribution is 2.27. The number of carbonyl (C=O) groups is 1. The second kappa shape index (κ2) is 5.25. The highest BCUT2D eigenvalue weighted by atomic mass is 79.9. The summed E-state index contributed by atoms with van der Waals surface area (Å²) in [7, 11) is 0. The maximum absolute atomic E-state index is 11.9. The van der Waals surface area contributed by atoms with E-state index in [1.807, 2.05) is 30.5 Å². The van der Waals surface area contributed by atoms with Crippen LogP contribution in [0.4, 0.5) is 5.69 Å². The molecule has 1 aromatic heterocycles. The van der Waals surface area contributed by atoms with Crippen molar-refractivity contribution in [1.29, 1.82) is 0 Å². The summed E-state index contributed by atoms with van der Waals surface area (Å²) in [5.41, 5.74) is 1.87. The minimum atomic E-state index is -0.110. The highest BCUT2D eigenvalue weighted by Gasteiger charge is 2.10. The van der Waals surface area contributed by atoms with E-state index in [-0.39, 0.29) is 5.91 Å². The van der Waals surface area contributed by atoms with Crippen molar-refractivity contribution >= 4 is 51.5 Å². The number of anilines is 1. The Morgan fingerprint density at radius 1 is 1.47 bits per heavy atom. The Hall–Kier alpha value is -0.780. The van der Waals surface area contributed by atoms with Crippen LogP contribution in [0, 0.1) is 6.92 Å². The van der Waals surface area contributed by atoms with Gasteiger partial charge in [0.15, 0.2) is 0 Å². The van der Waals surface area contributed by atoms with Crippen LogP contribution in [0.5, 0.6) is 0 Å². The summed E-state index contributed by atoms with van der Waals surface area (Å²) in [4.78, 5) is 13.4. The third-order valence-corrected chi connectivity index (χ3v) is 4.66. The van der Waals surface area contributed by atoms with Gasteiger partial charge in [-0.2, -0.15) is 0 Å². The van der Waals surface area contributed by atoms with Gasteiger partial charge in [-0.1, -0.05) is 12.1 Å². The molecule has 1 amide bonds. The molecule has 0 aliphatic carbocycles. The number of benzene rings is 1. The maximum Gasteiger partial charge on any atom is 0.265 e. The molecule has 0 unspecified atom stereocenters. The molecule has 0 bridgehead atoms. The molecule has 0 aliphatic heterocycles. The van der Waals surface area contributed by atoms with E-state index in [4.69, 9.17) is 0 Å². The third kappa shape index (κ3) is 2.91. The monoisotopic (exact) mass is 327 g/mol. The number of thiophene rings is 1. The predicted octanol–water partition coefficient (Wildman–Crippen LogP) is 4.36. The van der Waals surface area contributed by atoms with E-state index >= 15 is 0 Å². The summed E-state index contributed by atoms with van der Waals surface area (Å²) < 4.78 is 0.913. The molecule has 0 saturated carbocycles. The lowest BCUT2D eigenvalue weighted by Crippen LogP contribution is -2.10. The molecule has 2 nitrogen and oxygen atoms in total. The first kappa shape index (κ1) is 12.7. The minimum absolute atomic E-state index is 0.110. The van der Waals surface area contributed by atoms with Crippen molar-refractivity contribution in [3.8, 4) is 0 Å². The molecule has 1 aromatic carbocycles. The number of rotatable bonds is 2. The zero-order valence-corrected chi connectivity index (χ0v) is 12.3. The van der Waals surface area contributed by atoms with Gasteiger partial charge in [0, 0.05) is 14.7 Å². The number of hydrogen-bond acceptors (Lipinski definition) is 3. The normalized spacial score (nSPS) is 10.3. The van der Waals surface area contributed by atoms with Gasteiger partial charge in [-0.05, 0) is 40.5 Å². The van der Waals surface area contributed by atoms with E-state index in [1.54, 1.807) is 6.07 Å². The second-order valence-corrected chi connectivity index (χ2v) is 5.78. The molecule has 0 atom stereocenters. The standard InChI is InChI=1S/C12H10BrNOS2/c1-7-3-2-4-9(11(7)13)14-12(15)10-5-8(16)6-17-10/h2-6,16H,1H3,(H,14,15). The van der Waals surface area contributed by atoms with E-state index in [0.717, 1.165) is 20.6 Å². The smallest absolute Gasteiger partial charge is 0.265 e. The van der Waals surface area contributed by atoms with Crippen molar-refractivity contribution in [2.24, 2.45) is 0 Å². The minimum Gasteiger partial charge on any atom is -0.320 e. The summed E-state index contributed by atoms with van der Waals surface area (Å²) >= 11 is 9.03. The Morgan fingerprint density at radius 2 is 2.24 bits per heavy atom. The van der Waals surface area contributed by atoms with Crippen molar-refractivity contribution in [3.63, 3.8) is 0 Å². The van der Waals surface area contributed by atoms with Crippen LogP contribution in [0.15, 0.2) is 39.0 Å². The number of amides is 1. The van der Waals surface area contributed by atoms with Crippen molar-refractivity contribution in [3.05, 3.63) is 44.6 Å². The molecule has 5 heteroatoms. The fourth-order valence-corrected chi connectivity index (χ4v) is 2.78. The van der Waals surface area contributed by atoms with Gasteiger partial charge in [-0.15, -0.1) is 24.0 Å². The van der Waals surface area contributed by atoms with E-state index in [1.165, 1.54) is 11.3 Å². The van der Waals surface area contributed by atoms with Crippen LogP contribution < -0.4 is 5.32 Å². The van der Waals surface area contributed by atoms with Crippen LogP contribution in [0.25, 0.3) is 0 Å². The Kier molecular flexibility index (Phi) is 3.91. The molecule has 0 radical (unpaired) electrons. The molecule has 2 rings (SSSR count). The number of carbonyl (C=O) groups excluding carboxylic acids is 1. The van der Waals surface area contributed by atoms with Crippen molar-refractivity contribution < 1.29 is 4.79 Å². The topological polar surface area (TPSA) is 29.1 Å². The number of nitrogens with one attached hydrogen (secondary N) is 1. The summed E-state index contributed by atoms with van der Waals surface area (Å²) in [6.07, 6.45) is 0. The largest absolute Gasteiger partial charge is 0.320 e. The Morgan fingerprint density at radius 3 is 2.88 bits per heavy atom. The average molecular weight is 328 g/mol. The van der Waals surface area contributed by atoms with Gasteiger partial charge < -0.3 is 5.32 Å². The van der Waals surface area contributed by atoms with E-state index < -0.39 is 0 Å². The summed E-state index contributed by atoms with van der Waals surface area (Å²) in [6.45, 7) is 1.98. The summed E-state index contributed by atoms with van der Waals surface area (Å²) in [5.74, 6) is -0.110. The molecule has 17 heavy (non-hydrogen) atoms. The number of aryl methyl sites for hydroxylation is 1. The zero-order valence-electron chi connectivity index (χ0n) is 9.03. The fourth-order valence-electron chi connectivity index (χ4n) is 1.37. The molecule has 0 fully saturated rings. The first-order valence-corrected chi connectivity index (χ1v) is 7.04. The number of hydrogen-bond donors (Lipinski definition) is 2. The van der Waals surface area contributed by atoms with E-state index in [9.17, 15) is 4.79 Å². The Labute approximate surface area is 118 Å². The first-order valence-electron chi connectivity index (χ1n) is 4.92.